The van der Waals surface area contributed by atoms with Gasteiger partial charge in [0.2, 0.25) is 0 Å². The number of amides is 1. The minimum Gasteiger partial charge on any atom is -0.466 e. The van der Waals surface area contributed by atoms with E-state index < -0.39 is 0 Å². The normalized spacial score (nSPS) is 10.4. The molecule has 4 nitrogen and oxygen atoms in total. The number of hydrogen-bond acceptors (Lipinski definition) is 3. The molecule has 17 heavy (non-hydrogen) atoms. The molecule has 0 aliphatic rings. The summed E-state index contributed by atoms with van der Waals surface area (Å²) in [6, 6.07) is 0. The highest BCUT2D eigenvalue weighted by Gasteiger charge is 2.21. The van der Waals surface area contributed by atoms with Gasteiger partial charge < -0.3 is 15.1 Å². The second-order valence-electron chi connectivity index (χ2n) is 4.16. The van der Waals surface area contributed by atoms with Crippen molar-refractivity contribution in [2.24, 2.45) is 5.73 Å². The van der Waals surface area contributed by atoms with E-state index in [2.05, 4.69) is 0 Å². The molecule has 0 aromatic carbocycles. The Morgan fingerprint density at radius 2 is 1.94 bits per heavy atom. The number of rotatable bonds is 4. The molecule has 1 heterocycles. The monoisotopic (exact) mass is 254 g/mol. The van der Waals surface area contributed by atoms with Crippen LogP contribution in [0.25, 0.3) is 0 Å². The van der Waals surface area contributed by atoms with Crippen LogP contribution in [0.15, 0.2) is 4.42 Å². The maximum atomic E-state index is 12.2. The van der Waals surface area contributed by atoms with Crippen molar-refractivity contribution < 1.29 is 9.21 Å². The summed E-state index contributed by atoms with van der Waals surface area (Å²) in [5.41, 5.74) is 6.96. The van der Waals surface area contributed by atoms with Crippen molar-refractivity contribution in [2.45, 2.75) is 27.2 Å². The molecular formula is C12H18N2O2S. The van der Waals surface area contributed by atoms with Crippen molar-refractivity contribution in [1.29, 1.82) is 0 Å². The van der Waals surface area contributed by atoms with E-state index in [1.165, 1.54) is 0 Å². The van der Waals surface area contributed by atoms with Gasteiger partial charge in [0.25, 0.3) is 5.91 Å². The van der Waals surface area contributed by atoms with Crippen molar-refractivity contribution in [3.8, 4) is 0 Å². The van der Waals surface area contributed by atoms with E-state index in [4.69, 9.17) is 22.4 Å². The fourth-order valence-corrected chi connectivity index (χ4v) is 1.77. The Hall–Kier alpha value is -1.36. The lowest BCUT2D eigenvalue weighted by Gasteiger charge is -2.16. The molecule has 94 valence electrons. The summed E-state index contributed by atoms with van der Waals surface area (Å²) >= 11 is 4.79. The molecule has 1 rings (SSSR count). The molecule has 1 amide bonds. The summed E-state index contributed by atoms with van der Waals surface area (Å²) in [7, 11) is 1.74. The summed E-state index contributed by atoms with van der Waals surface area (Å²) in [5.74, 6) is 1.40. The number of carbonyl (C=O) groups is 1. The number of furan rings is 1. The predicted molar refractivity (Wildman–Crippen MR) is 71.3 cm³/mol. The van der Waals surface area contributed by atoms with E-state index in [9.17, 15) is 4.79 Å². The molecule has 0 saturated heterocycles. The summed E-state index contributed by atoms with van der Waals surface area (Å²) < 4.78 is 5.44. The first-order valence-corrected chi connectivity index (χ1v) is 5.85. The first-order chi connectivity index (χ1) is 7.84. The van der Waals surface area contributed by atoms with Crippen LogP contribution in [0.4, 0.5) is 0 Å². The molecule has 2 N–H and O–H groups in total. The van der Waals surface area contributed by atoms with Gasteiger partial charge in [-0.15, -0.1) is 0 Å². The Morgan fingerprint density at radius 3 is 2.35 bits per heavy atom. The second kappa shape index (κ2) is 5.31. The maximum Gasteiger partial charge on any atom is 0.257 e. The minimum absolute atomic E-state index is 0.0481. The van der Waals surface area contributed by atoms with E-state index in [-0.39, 0.29) is 5.91 Å². The molecule has 0 atom stereocenters. The SMILES string of the molecule is Cc1oc(C)c(C(=O)N(C)CCC(N)=S)c1C. The highest BCUT2D eigenvalue weighted by Crippen LogP contribution is 2.21. The summed E-state index contributed by atoms with van der Waals surface area (Å²) in [6.45, 7) is 6.07. The zero-order valence-corrected chi connectivity index (χ0v) is 11.5. The number of carbonyl (C=O) groups excluding carboxylic acids is 1. The van der Waals surface area contributed by atoms with Crippen LogP contribution in [0.5, 0.6) is 0 Å². The smallest absolute Gasteiger partial charge is 0.257 e. The average molecular weight is 254 g/mol. The van der Waals surface area contributed by atoms with Crippen LogP contribution in [0.3, 0.4) is 0 Å². The van der Waals surface area contributed by atoms with Crippen LogP contribution in [-0.2, 0) is 0 Å². The van der Waals surface area contributed by atoms with Gasteiger partial charge >= 0.3 is 0 Å². The molecular weight excluding hydrogens is 236 g/mol. The topological polar surface area (TPSA) is 59.5 Å². The first-order valence-electron chi connectivity index (χ1n) is 5.45. The van der Waals surface area contributed by atoms with Crippen LogP contribution in [-0.4, -0.2) is 29.4 Å². The lowest BCUT2D eigenvalue weighted by Crippen LogP contribution is -2.30. The summed E-state index contributed by atoms with van der Waals surface area (Å²) in [5, 5.41) is 0. The standard InChI is InChI=1S/C12H18N2O2S/c1-7-8(2)16-9(3)11(7)12(15)14(4)6-5-10(13)17/h5-6H2,1-4H3,(H2,13,17). The number of hydrogen-bond donors (Lipinski definition) is 1. The Morgan fingerprint density at radius 1 is 1.35 bits per heavy atom. The molecule has 1 aromatic rings. The number of nitrogens with zero attached hydrogens (tertiary/aromatic N) is 1. The zero-order valence-electron chi connectivity index (χ0n) is 10.7. The number of aryl methyl sites for hydroxylation is 2. The molecule has 0 aliphatic heterocycles. The van der Waals surface area contributed by atoms with Crippen molar-refractivity contribution in [3.63, 3.8) is 0 Å². The van der Waals surface area contributed by atoms with Gasteiger partial charge in [0.05, 0.1) is 10.6 Å². The fourth-order valence-electron chi connectivity index (χ4n) is 1.68. The van der Waals surface area contributed by atoms with Crippen molar-refractivity contribution >= 4 is 23.1 Å². The molecule has 0 fully saturated rings. The Kier molecular flexibility index (Phi) is 4.28. The third-order valence-electron chi connectivity index (χ3n) is 2.82. The zero-order chi connectivity index (χ0) is 13.2. The highest BCUT2D eigenvalue weighted by atomic mass is 32.1. The minimum atomic E-state index is -0.0481. The Labute approximate surface area is 107 Å². The molecule has 0 saturated carbocycles. The van der Waals surface area contributed by atoms with Gasteiger partial charge in [0.1, 0.15) is 11.5 Å². The van der Waals surface area contributed by atoms with Crippen molar-refractivity contribution in [1.82, 2.24) is 4.90 Å². The second-order valence-corrected chi connectivity index (χ2v) is 4.68. The lowest BCUT2D eigenvalue weighted by molar-refractivity contribution is 0.0796. The van der Waals surface area contributed by atoms with Crippen molar-refractivity contribution in [3.05, 3.63) is 22.6 Å². The predicted octanol–water partition coefficient (Wildman–Crippen LogP) is 1.95. The van der Waals surface area contributed by atoms with Crippen LogP contribution in [0.1, 0.15) is 33.9 Å². The highest BCUT2D eigenvalue weighted by molar-refractivity contribution is 7.80. The molecule has 1 aromatic heterocycles. The van der Waals surface area contributed by atoms with Gasteiger partial charge in [-0.05, 0) is 20.8 Å². The van der Waals surface area contributed by atoms with E-state index in [1.807, 2.05) is 13.8 Å². The van der Waals surface area contributed by atoms with E-state index in [1.54, 1.807) is 18.9 Å². The number of nitrogens with two attached hydrogens (primary N) is 1. The maximum absolute atomic E-state index is 12.2. The van der Waals surface area contributed by atoms with Crippen LogP contribution in [0, 0.1) is 20.8 Å². The van der Waals surface area contributed by atoms with Gasteiger partial charge in [0, 0.05) is 25.6 Å². The van der Waals surface area contributed by atoms with E-state index >= 15 is 0 Å². The molecule has 0 bridgehead atoms. The van der Waals surface area contributed by atoms with Gasteiger partial charge in [0.15, 0.2) is 0 Å². The Balaban J connectivity index is 2.85. The van der Waals surface area contributed by atoms with Crippen molar-refractivity contribution in [2.75, 3.05) is 13.6 Å². The van der Waals surface area contributed by atoms with Crippen LogP contribution < -0.4 is 5.73 Å². The van der Waals surface area contributed by atoms with Crippen LogP contribution >= 0.6 is 12.2 Å². The third-order valence-corrected chi connectivity index (χ3v) is 3.02. The quantitative estimate of drug-likeness (QED) is 0.834. The Bertz CT molecular complexity index is 452. The average Bonchev–Trinajstić information content (AvgIpc) is 2.49. The third kappa shape index (κ3) is 3.06. The van der Waals surface area contributed by atoms with Gasteiger partial charge in [-0.25, -0.2) is 0 Å². The van der Waals surface area contributed by atoms with Gasteiger partial charge in [-0.1, -0.05) is 12.2 Å². The van der Waals surface area contributed by atoms with Gasteiger partial charge in [-0.2, -0.15) is 0 Å². The largest absolute Gasteiger partial charge is 0.466 e. The number of thiocarbonyl (C=S) groups is 1. The van der Waals surface area contributed by atoms with E-state index in [0.717, 1.165) is 11.3 Å². The lowest BCUT2D eigenvalue weighted by atomic mass is 10.1. The molecule has 0 unspecified atom stereocenters. The summed E-state index contributed by atoms with van der Waals surface area (Å²) in [4.78, 5) is 14.2. The molecule has 0 radical (unpaired) electrons. The van der Waals surface area contributed by atoms with Crippen LogP contribution in [0.2, 0.25) is 0 Å². The fraction of sp³-hybridized carbons (Fsp3) is 0.500. The molecule has 0 aliphatic carbocycles. The summed E-state index contributed by atoms with van der Waals surface area (Å²) in [6.07, 6.45) is 0.534. The molecule has 5 heteroatoms. The van der Waals surface area contributed by atoms with Gasteiger partial charge in [-0.3, -0.25) is 4.79 Å². The molecule has 0 spiro atoms. The first kappa shape index (κ1) is 13.7. The van der Waals surface area contributed by atoms with E-state index in [0.29, 0.717) is 29.3 Å².